The second kappa shape index (κ2) is 10.3. The number of rotatable bonds is 9. The normalized spacial score (nSPS) is 12.2. The number of halogens is 3. The zero-order valence-corrected chi connectivity index (χ0v) is 18.7. The van der Waals surface area contributed by atoms with E-state index in [0.717, 1.165) is 29.5 Å². The van der Waals surface area contributed by atoms with E-state index in [2.05, 4.69) is 10.3 Å². The van der Waals surface area contributed by atoms with Crippen molar-refractivity contribution in [1.82, 2.24) is 4.98 Å². The van der Waals surface area contributed by atoms with Crippen molar-refractivity contribution >= 4 is 17.2 Å². The van der Waals surface area contributed by atoms with Crippen LogP contribution in [0.2, 0.25) is 0 Å². The molecule has 0 bridgehead atoms. The number of aromatic nitrogens is 1. The van der Waals surface area contributed by atoms with E-state index in [9.17, 15) is 13.2 Å². The van der Waals surface area contributed by atoms with Crippen molar-refractivity contribution in [3.63, 3.8) is 0 Å². The molecule has 176 valence electrons. The van der Waals surface area contributed by atoms with Crippen LogP contribution in [0.15, 0.2) is 60.8 Å². The molecule has 0 saturated carbocycles. The first-order chi connectivity index (χ1) is 15.7. The number of nitrogens with one attached hydrogen (secondary N) is 1. The van der Waals surface area contributed by atoms with E-state index in [1.807, 2.05) is 53.4 Å². The van der Waals surface area contributed by atoms with Gasteiger partial charge in [-0.25, -0.2) is 4.98 Å². The lowest BCUT2D eigenvalue weighted by Crippen LogP contribution is -2.33. The van der Waals surface area contributed by atoms with E-state index in [1.165, 1.54) is 12.3 Å². The van der Waals surface area contributed by atoms with Gasteiger partial charge in [0.2, 0.25) is 0 Å². The maximum absolute atomic E-state index is 13.1. The van der Waals surface area contributed by atoms with E-state index in [1.54, 1.807) is 14.2 Å². The minimum atomic E-state index is -4.40. The average Bonchev–Trinajstić information content (AvgIpc) is 2.80. The predicted molar refractivity (Wildman–Crippen MR) is 124 cm³/mol. The van der Waals surface area contributed by atoms with Gasteiger partial charge in [0.1, 0.15) is 17.5 Å². The number of alkyl halides is 3. The van der Waals surface area contributed by atoms with Crippen molar-refractivity contribution in [3.8, 4) is 11.5 Å². The summed E-state index contributed by atoms with van der Waals surface area (Å²) in [5, 5.41) is 2.45. The zero-order chi connectivity index (χ0) is 24.0. The molecular weight excluding hydrogens is 433 g/mol. The Morgan fingerprint density at radius 1 is 0.909 bits per heavy atom. The molecule has 0 saturated heterocycles. The number of methoxy groups -OCH3 is 2. The highest BCUT2D eigenvalue weighted by Gasteiger charge is 2.36. The first-order valence-corrected chi connectivity index (χ1v) is 10.3. The quantitative estimate of drug-likeness (QED) is 0.454. The summed E-state index contributed by atoms with van der Waals surface area (Å²) >= 11 is 0. The van der Waals surface area contributed by atoms with E-state index in [0.29, 0.717) is 18.9 Å². The standard InChI is InChI=1S/C24H27F3N4O2/c1-16(24(25,26)27)30-21-12-13-29-23(22(21)28)31(14-17-4-8-19(32-2)9-5-17)15-18-6-10-20(33-3)11-7-18/h4-13,16H,14-15,28H2,1-3H3,(H,29,30). The number of hydrogen-bond acceptors (Lipinski definition) is 6. The molecule has 0 aliphatic heterocycles. The minimum absolute atomic E-state index is 0.149. The number of pyridine rings is 1. The van der Waals surface area contributed by atoms with Crippen LogP contribution in [0.1, 0.15) is 18.1 Å². The van der Waals surface area contributed by atoms with Gasteiger partial charge >= 0.3 is 6.18 Å². The highest BCUT2D eigenvalue weighted by atomic mass is 19.4. The van der Waals surface area contributed by atoms with Crippen LogP contribution in [0.5, 0.6) is 11.5 Å². The molecule has 1 heterocycles. The number of ether oxygens (including phenoxy) is 2. The monoisotopic (exact) mass is 460 g/mol. The molecule has 2 aromatic carbocycles. The molecule has 3 aromatic rings. The molecule has 1 atom stereocenters. The van der Waals surface area contributed by atoms with Crippen LogP contribution in [-0.4, -0.2) is 31.4 Å². The number of anilines is 3. The van der Waals surface area contributed by atoms with Crippen molar-refractivity contribution in [2.75, 3.05) is 30.2 Å². The maximum atomic E-state index is 13.1. The largest absolute Gasteiger partial charge is 0.497 e. The Morgan fingerprint density at radius 2 is 1.39 bits per heavy atom. The molecule has 0 amide bonds. The van der Waals surface area contributed by atoms with Gasteiger partial charge in [0.05, 0.1) is 25.6 Å². The minimum Gasteiger partial charge on any atom is -0.497 e. The highest BCUT2D eigenvalue weighted by molar-refractivity contribution is 5.78. The first kappa shape index (κ1) is 24.0. The van der Waals surface area contributed by atoms with Crippen molar-refractivity contribution in [1.29, 1.82) is 0 Å². The van der Waals surface area contributed by atoms with Crippen molar-refractivity contribution < 1.29 is 22.6 Å². The fourth-order valence-electron chi connectivity index (χ4n) is 3.26. The summed E-state index contributed by atoms with van der Waals surface area (Å²) in [5.74, 6) is 1.84. The van der Waals surface area contributed by atoms with Crippen LogP contribution in [0.25, 0.3) is 0 Å². The Kier molecular flexibility index (Phi) is 7.52. The molecule has 0 spiro atoms. The van der Waals surface area contributed by atoms with Crippen molar-refractivity contribution in [3.05, 3.63) is 71.9 Å². The Hall–Kier alpha value is -3.62. The van der Waals surface area contributed by atoms with E-state index >= 15 is 0 Å². The summed E-state index contributed by atoms with van der Waals surface area (Å²) in [6.45, 7) is 1.92. The molecule has 0 aliphatic carbocycles. The molecule has 33 heavy (non-hydrogen) atoms. The van der Waals surface area contributed by atoms with Gasteiger partial charge in [-0.2, -0.15) is 13.2 Å². The number of nitrogens with two attached hydrogens (primary N) is 1. The van der Waals surface area contributed by atoms with Crippen molar-refractivity contribution in [2.45, 2.75) is 32.2 Å². The summed E-state index contributed by atoms with van der Waals surface area (Å²) in [6.07, 6.45) is -2.95. The van der Waals surface area contributed by atoms with E-state index < -0.39 is 12.2 Å². The van der Waals surface area contributed by atoms with Gasteiger partial charge in [0, 0.05) is 19.3 Å². The third-order valence-electron chi connectivity index (χ3n) is 5.20. The van der Waals surface area contributed by atoms with Gasteiger partial charge < -0.3 is 25.4 Å². The number of benzene rings is 2. The first-order valence-electron chi connectivity index (χ1n) is 10.3. The molecule has 1 aromatic heterocycles. The lowest BCUT2D eigenvalue weighted by atomic mass is 10.1. The molecule has 0 radical (unpaired) electrons. The Bertz CT molecular complexity index is 992. The lowest BCUT2D eigenvalue weighted by molar-refractivity contribution is -0.138. The molecular formula is C24H27F3N4O2. The summed E-state index contributed by atoms with van der Waals surface area (Å²) in [4.78, 5) is 6.32. The summed E-state index contributed by atoms with van der Waals surface area (Å²) in [6, 6.07) is 14.8. The van der Waals surface area contributed by atoms with Crippen LogP contribution >= 0.6 is 0 Å². The fourth-order valence-corrected chi connectivity index (χ4v) is 3.26. The molecule has 0 fully saturated rings. The van der Waals surface area contributed by atoms with Crippen LogP contribution in [0.4, 0.5) is 30.4 Å². The molecule has 3 N–H and O–H groups in total. The third kappa shape index (κ3) is 6.21. The van der Waals surface area contributed by atoms with Gasteiger partial charge in [-0.1, -0.05) is 24.3 Å². The summed E-state index contributed by atoms with van der Waals surface area (Å²) < 4.78 is 49.7. The van der Waals surface area contributed by atoms with Crippen molar-refractivity contribution in [2.24, 2.45) is 0 Å². The Morgan fingerprint density at radius 3 is 1.82 bits per heavy atom. The Balaban J connectivity index is 1.94. The van der Waals surface area contributed by atoms with Gasteiger partial charge in [0.25, 0.3) is 0 Å². The van der Waals surface area contributed by atoms with E-state index in [4.69, 9.17) is 15.2 Å². The fraction of sp³-hybridized carbons (Fsp3) is 0.292. The second-order valence-corrected chi connectivity index (χ2v) is 7.56. The lowest BCUT2D eigenvalue weighted by Gasteiger charge is -2.27. The van der Waals surface area contributed by atoms with Gasteiger partial charge in [-0.3, -0.25) is 0 Å². The van der Waals surface area contributed by atoms with Gasteiger partial charge in [-0.15, -0.1) is 0 Å². The maximum Gasteiger partial charge on any atom is 0.408 e. The molecule has 3 rings (SSSR count). The SMILES string of the molecule is COc1ccc(CN(Cc2ccc(OC)cc2)c2nccc(NC(C)C(F)(F)F)c2N)cc1. The summed E-state index contributed by atoms with van der Waals surface area (Å²) in [5.41, 5.74) is 8.56. The molecule has 1 unspecified atom stereocenters. The summed E-state index contributed by atoms with van der Waals surface area (Å²) in [7, 11) is 3.19. The third-order valence-corrected chi connectivity index (χ3v) is 5.20. The molecule has 0 aliphatic rings. The van der Waals surface area contributed by atoms with Gasteiger partial charge in [-0.05, 0) is 48.4 Å². The Labute approximate surface area is 191 Å². The van der Waals surface area contributed by atoms with Crippen LogP contribution in [0, 0.1) is 0 Å². The van der Waals surface area contributed by atoms with Crippen LogP contribution in [0.3, 0.4) is 0 Å². The number of hydrogen-bond donors (Lipinski definition) is 2. The number of nitrogens with zero attached hydrogens (tertiary/aromatic N) is 2. The molecule has 6 nitrogen and oxygen atoms in total. The van der Waals surface area contributed by atoms with E-state index in [-0.39, 0.29) is 11.4 Å². The number of nitrogen functional groups attached to an aromatic ring is 1. The second-order valence-electron chi connectivity index (χ2n) is 7.56. The molecule has 9 heteroatoms. The average molecular weight is 461 g/mol. The highest BCUT2D eigenvalue weighted by Crippen LogP contribution is 2.33. The predicted octanol–water partition coefficient (Wildman–Crippen LogP) is 5.25. The smallest absolute Gasteiger partial charge is 0.408 e. The van der Waals surface area contributed by atoms with Crippen LogP contribution in [-0.2, 0) is 13.1 Å². The van der Waals surface area contributed by atoms with Gasteiger partial charge in [0.15, 0.2) is 5.82 Å². The zero-order valence-electron chi connectivity index (χ0n) is 18.7. The van der Waals surface area contributed by atoms with Crippen LogP contribution < -0.4 is 25.4 Å². The topological polar surface area (TPSA) is 72.6 Å².